The highest BCUT2D eigenvalue weighted by atomic mass is 19.1. The van der Waals surface area contributed by atoms with Crippen molar-refractivity contribution in [3.05, 3.63) is 35.6 Å². The van der Waals surface area contributed by atoms with Crippen LogP contribution in [0.2, 0.25) is 0 Å². The van der Waals surface area contributed by atoms with Crippen LogP contribution in [0.3, 0.4) is 0 Å². The summed E-state index contributed by atoms with van der Waals surface area (Å²) in [6, 6.07) is 6.95. The third-order valence-electron chi connectivity index (χ3n) is 5.62. The summed E-state index contributed by atoms with van der Waals surface area (Å²) in [6.45, 7) is 0.499. The zero-order valence-corrected chi connectivity index (χ0v) is 13.6. The number of benzene rings is 1. The molecule has 0 heterocycles. The first-order valence-corrected chi connectivity index (χ1v) is 8.81. The molecule has 0 unspecified atom stereocenters. The van der Waals surface area contributed by atoms with Gasteiger partial charge in [0, 0.05) is 17.9 Å². The molecule has 0 bridgehead atoms. The van der Waals surface area contributed by atoms with Crippen LogP contribution >= 0.6 is 0 Å². The van der Waals surface area contributed by atoms with E-state index in [2.05, 4.69) is 5.32 Å². The van der Waals surface area contributed by atoms with E-state index in [1.54, 1.807) is 6.07 Å². The normalized spacial score (nSPS) is 26.9. The molecule has 1 aromatic carbocycles. The number of carbonyl (C=O) groups is 1. The van der Waals surface area contributed by atoms with E-state index in [4.69, 9.17) is 0 Å². The second kappa shape index (κ2) is 7.00. The maximum atomic E-state index is 14.3. The van der Waals surface area contributed by atoms with Gasteiger partial charge in [-0.2, -0.15) is 0 Å². The van der Waals surface area contributed by atoms with Gasteiger partial charge in [0.2, 0.25) is 5.91 Å². The molecule has 4 heteroatoms. The molecule has 0 aliphatic heterocycles. The highest BCUT2D eigenvalue weighted by Gasteiger charge is 2.38. The van der Waals surface area contributed by atoms with Gasteiger partial charge in [-0.15, -0.1) is 0 Å². The molecule has 3 rings (SSSR count). The van der Waals surface area contributed by atoms with Crippen LogP contribution in [0.25, 0.3) is 0 Å². The summed E-state index contributed by atoms with van der Waals surface area (Å²) in [5, 5.41) is 12.8. The minimum Gasteiger partial charge on any atom is -0.393 e. The summed E-state index contributed by atoms with van der Waals surface area (Å²) >= 11 is 0. The molecule has 2 saturated carbocycles. The fraction of sp³-hybridized carbons (Fsp3) is 0.632. The quantitative estimate of drug-likeness (QED) is 0.894. The molecule has 2 atom stereocenters. The molecule has 2 aliphatic rings. The van der Waals surface area contributed by atoms with Gasteiger partial charge in [-0.25, -0.2) is 4.39 Å². The van der Waals surface area contributed by atoms with E-state index >= 15 is 0 Å². The second-order valence-electron chi connectivity index (χ2n) is 7.20. The fourth-order valence-corrected chi connectivity index (χ4v) is 4.29. The van der Waals surface area contributed by atoms with Crippen LogP contribution in [0.1, 0.15) is 56.9 Å². The molecule has 0 aromatic heterocycles. The number of amides is 1. The van der Waals surface area contributed by atoms with E-state index in [0.717, 1.165) is 50.5 Å². The Morgan fingerprint density at radius 2 is 1.96 bits per heavy atom. The predicted molar refractivity (Wildman–Crippen MR) is 87.5 cm³/mol. The first-order valence-electron chi connectivity index (χ1n) is 8.81. The predicted octanol–water partition coefficient (Wildman–Crippen LogP) is 3.30. The van der Waals surface area contributed by atoms with Crippen molar-refractivity contribution >= 4 is 5.91 Å². The second-order valence-corrected chi connectivity index (χ2v) is 7.20. The minimum atomic E-state index is -0.355. The molecule has 0 spiro atoms. The van der Waals surface area contributed by atoms with Gasteiger partial charge in [-0.05, 0) is 43.7 Å². The minimum absolute atomic E-state index is 0.0198. The third-order valence-corrected chi connectivity index (χ3v) is 5.62. The van der Waals surface area contributed by atoms with Gasteiger partial charge in [0.05, 0.1) is 6.10 Å². The first kappa shape index (κ1) is 16.4. The zero-order chi connectivity index (χ0) is 16.3. The maximum absolute atomic E-state index is 14.3. The Hall–Kier alpha value is -1.42. The summed E-state index contributed by atoms with van der Waals surface area (Å²) in [4.78, 5) is 12.4. The van der Waals surface area contributed by atoms with Crippen molar-refractivity contribution in [1.29, 1.82) is 0 Å². The Balaban J connectivity index is 1.69. The molecule has 2 N–H and O–H groups in total. The maximum Gasteiger partial charge on any atom is 0.223 e. The molecule has 1 aromatic rings. The molecule has 2 fully saturated rings. The van der Waals surface area contributed by atoms with Gasteiger partial charge in [-0.3, -0.25) is 4.79 Å². The van der Waals surface area contributed by atoms with Crippen LogP contribution in [0, 0.1) is 11.7 Å². The molecule has 2 aliphatic carbocycles. The van der Waals surface area contributed by atoms with Crippen molar-refractivity contribution in [3.8, 4) is 0 Å². The zero-order valence-electron chi connectivity index (χ0n) is 13.6. The number of hydrogen-bond donors (Lipinski definition) is 2. The lowest BCUT2D eigenvalue weighted by Crippen LogP contribution is -2.43. The van der Waals surface area contributed by atoms with Crippen LogP contribution in [0.15, 0.2) is 24.3 Å². The monoisotopic (exact) mass is 319 g/mol. The first-order chi connectivity index (χ1) is 11.1. The average Bonchev–Trinajstić information content (AvgIpc) is 3.03. The van der Waals surface area contributed by atoms with Gasteiger partial charge in [0.15, 0.2) is 0 Å². The van der Waals surface area contributed by atoms with E-state index in [1.807, 2.05) is 12.1 Å². The SMILES string of the molecule is O=C(NCC1(c2ccccc2F)CCCC1)[C@H]1CCC[C@H](O)C1. The van der Waals surface area contributed by atoms with Crippen molar-refractivity contribution in [2.75, 3.05) is 6.54 Å². The number of halogens is 1. The van der Waals surface area contributed by atoms with Crippen LogP contribution in [-0.2, 0) is 10.2 Å². The summed E-state index contributed by atoms with van der Waals surface area (Å²) in [7, 11) is 0. The van der Waals surface area contributed by atoms with Gasteiger partial charge >= 0.3 is 0 Å². The van der Waals surface area contributed by atoms with Crippen molar-refractivity contribution in [1.82, 2.24) is 5.32 Å². The Kier molecular flexibility index (Phi) is 5.00. The number of aliphatic hydroxyl groups is 1. The van der Waals surface area contributed by atoms with Crippen LogP contribution in [-0.4, -0.2) is 23.7 Å². The molecular weight excluding hydrogens is 293 g/mol. The fourth-order valence-electron chi connectivity index (χ4n) is 4.29. The Morgan fingerprint density at radius 3 is 2.65 bits per heavy atom. The topological polar surface area (TPSA) is 49.3 Å². The van der Waals surface area contributed by atoms with Crippen LogP contribution < -0.4 is 5.32 Å². The summed E-state index contributed by atoms with van der Waals surface area (Å²) < 4.78 is 14.3. The summed E-state index contributed by atoms with van der Waals surface area (Å²) in [5.74, 6) is -0.249. The lowest BCUT2D eigenvalue weighted by atomic mass is 9.78. The molecule has 0 saturated heterocycles. The van der Waals surface area contributed by atoms with E-state index in [0.29, 0.717) is 13.0 Å². The molecule has 3 nitrogen and oxygen atoms in total. The number of carbonyl (C=O) groups excluding carboxylic acids is 1. The van der Waals surface area contributed by atoms with Gasteiger partial charge in [0.25, 0.3) is 0 Å². The summed E-state index contributed by atoms with van der Waals surface area (Å²) in [6.07, 6.45) is 6.72. The van der Waals surface area contributed by atoms with E-state index in [9.17, 15) is 14.3 Å². The van der Waals surface area contributed by atoms with Crippen LogP contribution in [0.5, 0.6) is 0 Å². The van der Waals surface area contributed by atoms with E-state index < -0.39 is 0 Å². The Morgan fingerprint density at radius 1 is 1.22 bits per heavy atom. The smallest absolute Gasteiger partial charge is 0.223 e. The largest absolute Gasteiger partial charge is 0.393 e. The van der Waals surface area contributed by atoms with Crippen molar-refractivity contribution in [3.63, 3.8) is 0 Å². The van der Waals surface area contributed by atoms with Crippen molar-refractivity contribution < 1.29 is 14.3 Å². The lowest BCUT2D eigenvalue weighted by molar-refractivity contribution is -0.127. The average molecular weight is 319 g/mol. The number of rotatable bonds is 4. The standard InChI is InChI=1S/C19H26FNO2/c20-17-9-2-1-8-16(17)19(10-3-4-11-19)13-21-18(23)14-6-5-7-15(22)12-14/h1-2,8-9,14-15,22H,3-7,10-13H2,(H,21,23)/t14-,15-/m0/s1. The van der Waals surface area contributed by atoms with Gasteiger partial charge in [0.1, 0.15) is 5.82 Å². The van der Waals surface area contributed by atoms with Gasteiger partial charge in [-0.1, -0.05) is 37.5 Å². The Labute approximate surface area is 137 Å². The molecule has 1 amide bonds. The lowest BCUT2D eigenvalue weighted by Gasteiger charge is -2.32. The van der Waals surface area contributed by atoms with Crippen molar-refractivity contribution in [2.24, 2.45) is 5.92 Å². The molecular formula is C19H26FNO2. The third kappa shape index (κ3) is 3.57. The Bertz CT molecular complexity index is 554. The van der Waals surface area contributed by atoms with Crippen molar-refractivity contribution in [2.45, 2.75) is 62.9 Å². The molecule has 0 radical (unpaired) electrons. The van der Waals surface area contributed by atoms with E-state index in [-0.39, 0.29) is 29.2 Å². The van der Waals surface area contributed by atoms with Gasteiger partial charge < -0.3 is 10.4 Å². The van der Waals surface area contributed by atoms with Crippen LogP contribution in [0.4, 0.5) is 4.39 Å². The van der Waals surface area contributed by atoms with E-state index in [1.165, 1.54) is 6.07 Å². The number of nitrogens with one attached hydrogen (secondary N) is 1. The number of aliphatic hydroxyl groups excluding tert-OH is 1. The number of hydrogen-bond acceptors (Lipinski definition) is 2. The highest BCUT2D eigenvalue weighted by molar-refractivity contribution is 5.78. The summed E-state index contributed by atoms with van der Waals surface area (Å²) in [5.41, 5.74) is 0.468. The highest BCUT2D eigenvalue weighted by Crippen LogP contribution is 2.41. The molecule has 126 valence electrons. The molecule has 23 heavy (non-hydrogen) atoms.